The monoisotopic (exact) mass is 227 g/mol. The van der Waals surface area contributed by atoms with E-state index in [1.165, 1.54) is 30.3 Å². The second-order valence-electron chi connectivity index (χ2n) is 2.85. The van der Waals surface area contributed by atoms with Gasteiger partial charge in [-0.05, 0) is 30.4 Å². The van der Waals surface area contributed by atoms with Gasteiger partial charge in [0.15, 0.2) is 5.11 Å². The number of benzene rings is 1. The summed E-state index contributed by atoms with van der Waals surface area (Å²) < 4.78 is 12.8. The Hall–Kier alpha value is -1.69. The number of nitrogens with one attached hydrogen (secondary N) is 1. The van der Waals surface area contributed by atoms with Crippen LogP contribution >= 0.6 is 12.2 Å². The van der Waals surface area contributed by atoms with Crippen LogP contribution in [0, 0.1) is 5.82 Å². The van der Waals surface area contributed by atoms with E-state index >= 15 is 0 Å². The number of amides is 1. The third-order valence-corrected chi connectivity index (χ3v) is 1.96. The highest BCUT2D eigenvalue weighted by atomic mass is 32.1. The smallest absolute Gasteiger partial charge is 0.269 e. The number of carbonyl (C=O) groups is 1. The van der Waals surface area contributed by atoms with Gasteiger partial charge in [-0.1, -0.05) is 6.07 Å². The molecule has 3 N–H and O–H groups in total. The van der Waals surface area contributed by atoms with Crippen LogP contribution in [0.25, 0.3) is 0 Å². The SMILES string of the molecule is CN(NC(=O)c1cccc(F)c1)C(N)=S. The lowest BCUT2D eigenvalue weighted by Gasteiger charge is -2.17. The Morgan fingerprint density at radius 1 is 1.60 bits per heavy atom. The zero-order valence-electron chi connectivity index (χ0n) is 8.03. The molecule has 0 aromatic heterocycles. The van der Waals surface area contributed by atoms with Gasteiger partial charge in [0.2, 0.25) is 0 Å². The Bertz CT molecular complexity index is 397. The zero-order valence-corrected chi connectivity index (χ0v) is 8.84. The molecule has 1 aromatic carbocycles. The van der Waals surface area contributed by atoms with Gasteiger partial charge >= 0.3 is 0 Å². The number of thiocarbonyl (C=S) groups is 1. The summed E-state index contributed by atoms with van der Waals surface area (Å²) in [5, 5.41) is 1.21. The third-order valence-electron chi connectivity index (χ3n) is 1.69. The fourth-order valence-electron chi connectivity index (χ4n) is 0.902. The molecule has 0 radical (unpaired) electrons. The van der Waals surface area contributed by atoms with Crippen LogP contribution in [0.3, 0.4) is 0 Å². The maximum absolute atomic E-state index is 12.8. The maximum Gasteiger partial charge on any atom is 0.269 e. The van der Waals surface area contributed by atoms with E-state index in [-0.39, 0.29) is 10.7 Å². The molecule has 80 valence electrons. The molecule has 0 aliphatic carbocycles. The minimum absolute atomic E-state index is 0.0275. The Labute approximate surface area is 91.8 Å². The number of nitrogens with two attached hydrogens (primary N) is 1. The van der Waals surface area contributed by atoms with Crippen molar-refractivity contribution in [3.63, 3.8) is 0 Å². The number of hydrazine groups is 1. The van der Waals surface area contributed by atoms with Crippen LogP contribution in [-0.2, 0) is 0 Å². The molecule has 0 bridgehead atoms. The molecular formula is C9H10FN3OS. The standard InChI is InChI=1S/C9H10FN3OS/c1-13(9(11)15)12-8(14)6-3-2-4-7(10)5-6/h2-5H,1H3,(H2,11,15)(H,12,14). The van der Waals surface area contributed by atoms with Crippen molar-refractivity contribution in [3.05, 3.63) is 35.6 Å². The second kappa shape index (κ2) is 4.70. The van der Waals surface area contributed by atoms with E-state index in [2.05, 4.69) is 17.6 Å². The summed E-state index contributed by atoms with van der Waals surface area (Å²) >= 11 is 4.63. The summed E-state index contributed by atoms with van der Waals surface area (Å²) in [6.45, 7) is 0. The third kappa shape index (κ3) is 3.17. The molecule has 0 saturated carbocycles. The van der Waals surface area contributed by atoms with Crippen LogP contribution in [-0.4, -0.2) is 23.1 Å². The molecule has 1 aromatic rings. The van der Waals surface area contributed by atoms with Crippen LogP contribution in [0.4, 0.5) is 4.39 Å². The van der Waals surface area contributed by atoms with Crippen molar-refractivity contribution in [2.75, 3.05) is 7.05 Å². The van der Waals surface area contributed by atoms with Crippen molar-refractivity contribution < 1.29 is 9.18 Å². The van der Waals surface area contributed by atoms with Crippen LogP contribution in [0.1, 0.15) is 10.4 Å². The van der Waals surface area contributed by atoms with E-state index in [0.29, 0.717) is 0 Å². The summed E-state index contributed by atoms with van der Waals surface area (Å²) in [5.74, 6) is -0.939. The van der Waals surface area contributed by atoms with Crippen LogP contribution < -0.4 is 11.2 Å². The average Bonchev–Trinajstić information content (AvgIpc) is 2.17. The largest absolute Gasteiger partial charge is 0.375 e. The highest BCUT2D eigenvalue weighted by molar-refractivity contribution is 7.80. The quantitative estimate of drug-likeness (QED) is 0.546. The lowest BCUT2D eigenvalue weighted by molar-refractivity contribution is 0.0887. The van der Waals surface area contributed by atoms with Crippen LogP contribution in [0.2, 0.25) is 0 Å². The van der Waals surface area contributed by atoms with E-state index in [0.717, 1.165) is 6.07 Å². The minimum atomic E-state index is -0.472. The highest BCUT2D eigenvalue weighted by Gasteiger charge is 2.08. The first kappa shape index (κ1) is 11.4. The number of halogens is 1. The maximum atomic E-state index is 12.8. The highest BCUT2D eigenvalue weighted by Crippen LogP contribution is 2.03. The molecule has 0 atom stereocenters. The molecule has 0 heterocycles. The first-order valence-electron chi connectivity index (χ1n) is 4.10. The van der Waals surface area contributed by atoms with E-state index in [9.17, 15) is 9.18 Å². The van der Waals surface area contributed by atoms with E-state index in [1.54, 1.807) is 0 Å². The Morgan fingerprint density at radius 3 is 2.80 bits per heavy atom. The van der Waals surface area contributed by atoms with Crippen molar-refractivity contribution in [2.45, 2.75) is 0 Å². The molecule has 4 nitrogen and oxygen atoms in total. The Kier molecular flexibility index (Phi) is 3.56. The predicted molar refractivity (Wildman–Crippen MR) is 58.4 cm³/mol. The van der Waals surface area contributed by atoms with Gasteiger partial charge in [0, 0.05) is 12.6 Å². The zero-order chi connectivity index (χ0) is 11.4. The Morgan fingerprint density at radius 2 is 2.27 bits per heavy atom. The summed E-state index contributed by atoms with van der Waals surface area (Å²) in [4.78, 5) is 11.5. The lowest BCUT2D eigenvalue weighted by Crippen LogP contribution is -2.45. The molecule has 0 unspecified atom stereocenters. The molecule has 15 heavy (non-hydrogen) atoms. The number of rotatable bonds is 1. The summed E-state index contributed by atoms with van der Waals surface area (Å²) in [7, 11) is 1.50. The van der Waals surface area contributed by atoms with Crippen molar-refractivity contribution >= 4 is 23.2 Å². The average molecular weight is 227 g/mol. The van der Waals surface area contributed by atoms with Gasteiger partial charge in [0.05, 0.1) is 0 Å². The molecule has 1 amide bonds. The first-order valence-corrected chi connectivity index (χ1v) is 4.51. The lowest BCUT2D eigenvalue weighted by atomic mass is 10.2. The van der Waals surface area contributed by atoms with Gasteiger partial charge in [0.25, 0.3) is 5.91 Å². The molecule has 6 heteroatoms. The van der Waals surface area contributed by atoms with Crippen molar-refractivity contribution in [1.82, 2.24) is 10.4 Å². The first-order chi connectivity index (χ1) is 7.00. The summed E-state index contributed by atoms with van der Waals surface area (Å²) in [6, 6.07) is 5.33. The number of hydrogen-bond donors (Lipinski definition) is 2. The molecule has 0 saturated heterocycles. The van der Waals surface area contributed by atoms with Gasteiger partial charge in [-0.3, -0.25) is 15.2 Å². The molecule has 1 rings (SSSR count). The van der Waals surface area contributed by atoms with Gasteiger partial charge < -0.3 is 5.73 Å². The van der Waals surface area contributed by atoms with Gasteiger partial charge in [-0.2, -0.15) is 0 Å². The Balaban J connectivity index is 2.73. The molecule has 0 aliphatic rings. The van der Waals surface area contributed by atoms with E-state index < -0.39 is 11.7 Å². The topological polar surface area (TPSA) is 58.4 Å². The van der Waals surface area contributed by atoms with Crippen molar-refractivity contribution in [1.29, 1.82) is 0 Å². The number of hydrogen-bond acceptors (Lipinski definition) is 2. The second-order valence-corrected chi connectivity index (χ2v) is 3.27. The summed E-state index contributed by atoms with van der Waals surface area (Å²) in [5.41, 5.74) is 7.85. The normalized spacial score (nSPS) is 9.47. The van der Waals surface area contributed by atoms with Gasteiger partial charge in [-0.15, -0.1) is 0 Å². The van der Waals surface area contributed by atoms with Crippen molar-refractivity contribution in [2.24, 2.45) is 5.73 Å². The fraction of sp³-hybridized carbons (Fsp3) is 0.111. The van der Waals surface area contributed by atoms with Gasteiger partial charge in [-0.25, -0.2) is 4.39 Å². The fourth-order valence-corrected chi connectivity index (χ4v) is 0.947. The molecule has 0 fully saturated rings. The minimum Gasteiger partial charge on any atom is -0.375 e. The van der Waals surface area contributed by atoms with Crippen molar-refractivity contribution in [3.8, 4) is 0 Å². The number of carbonyl (C=O) groups excluding carboxylic acids is 1. The van der Waals surface area contributed by atoms with Crippen LogP contribution in [0.15, 0.2) is 24.3 Å². The molecule has 0 spiro atoms. The van der Waals surface area contributed by atoms with E-state index in [4.69, 9.17) is 5.73 Å². The van der Waals surface area contributed by atoms with Crippen LogP contribution in [0.5, 0.6) is 0 Å². The number of nitrogens with zero attached hydrogens (tertiary/aromatic N) is 1. The van der Waals surface area contributed by atoms with E-state index in [1.807, 2.05) is 0 Å². The summed E-state index contributed by atoms with van der Waals surface area (Å²) in [6.07, 6.45) is 0. The molecular weight excluding hydrogens is 217 g/mol. The predicted octanol–water partition coefficient (Wildman–Crippen LogP) is 0.646. The van der Waals surface area contributed by atoms with Gasteiger partial charge in [0.1, 0.15) is 5.82 Å². The molecule has 0 aliphatic heterocycles.